The average molecular weight is 327 g/mol. The predicted molar refractivity (Wildman–Crippen MR) is 92.9 cm³/mol. The van der Waals surface area contributed by atoms with Gasteiger partial charge in [-0.3, -0.25) is 0 Å². The molecular formula is C17H17N3O2S. The highest BCUT2D eigenvalue weighted by Gasteiger charge is 2.12. The first-order valence-electron chi connectivity index (χ1n) is 7.07. The lowest BCUT2D eigenvalue weighted by molar-refractivity contribution is 0.404. The molecule has 2 aromatic heterocycles. The number of hydrogen-bond acceptors (Lipinski definition) is 6. The Morgan fingerprint density at radius 1 is 1.09 bits per heavy atom. The van der Waals surface area contributed by atoms with E-state index in [-0.39, 0.29) is 0 Å². The molecule has 1 aromatic carbocycles. The molecule has 0 saturated heterocycles. The second kappa shape index (κ2) is 6.66. The largest absolute Gasteiger partial charge is 0.497 e. The van der Waals surface area contributed by atoms with Crippen LogP contribution in [0.15, 0.2) is 41.9 Å². The van der Waals surface area contributed by atoms with Crippen LogP contribution in [-0.4, -0.2) is 24.2 Å². The predicted octanol–water partition coefficient (Wildman–Crippen LogP) is 4.27. The van der Waals surface area contributed by atoms with E-state index in [9.17, 15) is 0 Å². The molecule has 0 radical (unpaired) electrons. The van der Waals surface area contributed by atoms with E-state index in [2.05, 4.69) is 15.3 Å². The van der Waals surface area contributed by atoms with Gasteiger partial charge in [0.05, 0.1) is 19.9 Å². The molecule has 0 atom stereocenters. The second-order valence-electron chi connectivity index (χ2n) is 4.95. The molecule has 3 rings (SSSR count). The molecule has 0 aliphatic carbocycles. The smallest absolute Gasteiger partial charge is 0.188 e. The number of thiazole rings is 1. The Kier molecular flexibility index (Phi) is 4.43. The highest BCUT2D eigenvalue weighted by atomic mass is 32.1. The molecule has 2 heterocycles. The van der Waals surface area contributed by atoms with Crippen LogP contribution in [0.3, 0.4) is 0 Å². The standard InChI is InChI=1S/C17H17N3O2S/c1-11-4-7-16(18-9-11)20-17-19-14(10-23-17)13-8-12(21-2)5-6-15(13)22-3/h4-10H,1-3H3,(H,18,19,20). The Morgan fingerprint density at radius 2 is 1.96 bits per heavy atom. The quantitative estimate of drug-likeness (QED) is 0.758. The first kappa shape index (κ1) is 15.3. The van der Waals surface area contributed by atoms with Gasteiger partial charge in [-0.2, -0.15) is 0 Å². The molecule has 5 nitrogen and oxygen atoms in total. The minimum absolute atomic E-state index is 0.760. The van der Waals surface area contributed by atoms with Crippen LogP contribution in [0.5, 0.6) is 11.5 Å². The number of benzene rings is 1. The van der Waals surface area contributed by atoms with Gasteiger partial charge in [0.2, 0.25) is 0 Å². The summed E-state index contributed by atoms with van der Waals surface area (Å²) >= 11 is 1.52. The summed E-state index contributed by atoms with van der Waals surface area (Å²) < 4.78 is 10.7. The van der Waals surface area contributed by atoms with Crippen LogP contribution >= 0.6 is 11.3 Å². The van der Waals surface area contributed by atoms with Crippen LogP contribution in [0.4, 0.5) is 10.9 Å². The lowest BCUT2D eigenvalue weighted by Gasteiger charge is -2.08. The van der Waals surface area contributed by atoms with Crippen molar-refractivity contribution in [1.29, 1.82) is 0 Å². The van der Waals surface area contributed by atoms with Gasteiger partial charge in [0.15, 0.2) is 5.13 Å². The summed E-state index contributed by atoms with van der Waals surface area (Å²) in [7, 11) is 3.29. The third-order valence-corrected chi connectivity index (χ3v) is 4.09. The lowest BCUT2D eigenvalue weighted by atomic mass is 10.1. The molecule has 23 heavy (non-hydrogen) atoms. The second-order valence-corrected chi connectivity index (χ2v) is 5.81. The fourth-order valence-electron chi connectivity index (χ4n) is 2.12. The minimum atomic E-state index is 0.760. The number of aromatic nitrogens is 2. The van der Waals surface area contributed by atoms with E-state index in [0.29, 0.717) is 0 Å². The lowest BCUT2D eigenvalue weighted by Crippen LogP contribution is -1.93. The van der Waals surface area contributed by atoms with Gasteiger partial charge < -0.3 is 14.8 Å². The number of nitrogens with zero attached hydrogens (tertiary/aromatic N) is 2. The van der Waals surface area contributed by atoms with Gasteiger partial charge in [-0.15, -0.1) is 11.3 Å². The number of nitrogens with one attached hydrogen (secondary N) is 1. The Labute approximate surface area is 138 Å². The number of anilines is 2. The summed E-state index contributed by atoms with van der Waals surface area (Å²) in [5.74, 6) is 2.30. The van der Waals surface area contributed by atoms with Gasteiger partial charge >= 0.3 is 0 Å². The number of aryl methyl sites for hydroxylation is 1. The third kappa shape index (κ3) is 3.43. The van der Waals surface area contributed by atoms with Crippen LogP contribution in [0.1, 0.15) is 5.56 Å². The zero-order valence-electron chi connectivity index (χ0n) is 13.2. The third-order valence-electron chi connectivity index (χ3n) is 3.33. The molecule has 0 aliphatic rings. The highest BCUT2D eigenvalue weighted by molar-refractivity contribution is 7.14. The molecule has 3 aromatic rings. The van der Waals surface area contributed by atoms with Crippen LogP contribution in [0.2, 0.25) is 0 Å². The van der Waals surface area contributed by atoms with E-state index < -0.39 is 0 Å². The zero-order chi connectivity index (χ0) is 16.2. The molecule has 0 saturated carbocycles. The first-order chi connectivity index (χ1) is 11.2. The van der Waals surface area contributed by atoms with Crippen molar-refractivity contribution in [3.8, 4) is 22.8 Å². The van der Waals surface area contributed by atoms with E-state index in [4.69, 9.17) is 9.47 Å². The van der Waals surface area contributed by atoms with Gasteiger partial charge in [-0.25, -0.2) is 9.97 Å². The zero-order valence-corrected chi connectivity index (χ0v) is 14.0. The Balaban J connectivity index is 1.88. The molecule has 0 bridgehead atoms. The monoisotopic (exact) mass is 327 g/mol. The van der Waals surface area contributed by atoms with Crippen molar-refractivity contribution >= 4 is 22.3 Å². The van der Waals surface area contributed by atoms with Crippen molar-refractivity contribution in [2.24, 2.45) is 0 Å². The van der Waals surface area contributed by atoms with Gasteiger partial charge in [-0.05, 0) is 36.8 Å². The number of methoxy groups -OCH3 is 2. The minimum Gasteiger partial charge on any atom is -0.497 e. The highest BCUT2D eigenvalue weighted by Crippen LogP contribution is 2.35. The van der Waals surface area contributed by atoms with Crippen molar-refractivity contribution in [3.05, 3.63) is 47.5 Å². The van der Waals surface area contributed by atoms with Crippen LogP contribution in [0, 0.1) is 6.92 Å². The molecule has 1 N–H and O–H groups in total. The average Bonchev–Trinajstić information content (AvgIpc) is 3.04. The Hall–Kier alpha value is -2.60. The molecule has 118 valence electrons. The van der Waals surface area contributed by atoms with E-state index in [1.807, 2.05) is 48.8 Å². The molecule has 0 unspecified atom stereocenters. The maximum absolute atomic E-state index is 5.42. The molecular weight excluding hydrogens is 310 g/mol. The summed E-state index contributed by atoms with van der Waals surface area (Å²) in [5.41, 5.74) is 2.85. The SMILES string of the molecule is COc1ccc(OC)c(-c2csc(Nc3ccc(C)cn3)n2)c1. The van der Waals surface area contributed by atoms with E-state index >= 15 is 0 Å². The molecule has 0 amide bonds. The van der Waals surface area contributed by atoms with Gasteiger partial charge in [-0.1, -0.05) is 6.07 Å². The van der Waals surface area contributed by atoms with Gasteiger partial charge in [0.1, 0.15) is 17.3 Å². The first-order valence-corrected chi connectivity index (χ1v) is 7.95. The van der Waals surface area contributed by atoms with Crippen molar-refractivity contribution in [1.82, 2.24) is 9.97 Å². The van der Waals surface area contributed by atoms with Crippen LogP contribution < -0.4 is 14.8 Å². The Morgan fingerprint density at radius 3 is 2.65 bits per heavy atom. The fraction of sp³-hybridized carbons (Fsp3) is 0.176. The maximum Gasteiger partial charge on any atom is 0.188 e. The van der Waals surface area contributed by atoms with E-state index in [1.165, 1.54) is 11.3 Å². The molecule has 0 spiro atoms. The number of ether oxygens (including phenoxy) is 2. The maximum atomic E-state index is 5.42. The number of hydrogen-bond donors (Lipinski definition) is 1. The number of rotatable bonds is 5. The van der Waals surface area contributed by atoms with Crippen molar-refractivity contribution in [3.63, 3.8) is 0 Å². The normalized spacial score (nSPS) is 10.4. The van der Waals surface area contributed by atoms with E-state index in [1.54, 1.807) is 14.2 Å². The Bertz CT molecular complexity index is 800. The molecule has 0 fully saturated rings. The summed E-state index contributed by atoms with van der Waals surface area (Å²) in [6.45, 7) is 2.01. The summed E-state index contributed by atoms with van der Waals surface area (Å²) in [4.78, 5) is 8.94. The van der Waals surface area contributed by atoms with E-state index in [0.717, 1.165) is 39.3 Å². The summed E-state index contributed by atoms with van der Waals surface area (Å²) in [6, 6.07) is 9.60. The summed E-state index contributed by atoms with van der Waals surface area (Å²) in [5, 5.41) is 5.97. The molecule has 6 heteroatoms. The molecule has 0 aliphatic heterocycles. The van der Waals surface area contributed by atoms with Crippen molar-refractivity contribution in [2.45, 2.75) is 6.92 Å². The topological polar surface area (TPSA) is 56.3 Å². The van der Waals surface area contributed by atoms with Crippen molar-refractivity contribution in [2.75, 3.05) is 19.5 Å². The van der Waals surface area contributed by atoms with Crippen molar-refractivity contribution < 1.29 is 9.47 Å². The van der Waals surface area contributed by atoms with Crippen LogP contribution in [-0.2, 0) is 0 Å². The number of pyridine rings is 1. The fourth-order valence-corrected chi connectivity index (χ4v) is 2.84. The van der Waals surface area contributed by atoms with Crippen LogP contribution in [0.25, 0.3) is 11.3 Å². The van der Waals surface area contributed by atoms with Gasteiger partial charge in [0.25, 0.3) is 0 Å². The van der Waals surface area contributed by atoms with Gasteiger partial charge in [0, 0.05) is 17.1 Å². The summed E-state index contributed by atoms with van der Waals surface area (Å²) in [6.07, 6.45) is 1.82.